The van der Waals surface area contributed by atoms with Gasteiger partial charge in [0, 0.05) is 4.47 Å². The molecule has 0 radical (unpaired) electrons. The fourth-order valence-corrected chi connectivity index (χ4v) is 2.30. The van der Waals surface area contributed by atoms with E-state index in [9.17, 15) is 0 Å². The Bertz CT molecular complexity index is 775. The van der Waals surface area contributed by atoms with Crippen molar-refractivity contribution < 1.29 is 0 Å². The molecule has 0 fully saturated rings. The van der Waals surface area contributed by atoms with Gasteiger partial charge in [-0.15, -0.1) is 0 Å². The number of hydrogen-bond donors (Lipinski definition) is 2. The van der Waals surface area contributed by atoms with Crippen LogP contribution in [0.1, 0.15) is 5.56 Å². The van der Waals surface area contributed by atoms with Crippen molar-refractivity contribution in [1.29, 1.82) is 0 Å². The standard InChI is InChI=1S/C8H8N2.C7H5BrN2/c1-6-2-3-7-8(4-6)10-5-9-7;8-5-1-2-6-7(3-5)10-4-9-6/h2-5H,1H3,(H,9,10);1-4H,(H,9,10). The fourth-order valence-electron chi connectivity index (χ4n) is 1.95. The van der Waals surface area contributed by atoms with Crippen LogP contribution in [0, 0.1) is 6.92 Å². The number of aromatic nitrogens is 4. The van der Waals surface area contributed by atoms with Crippen LogP contribution in [0.25, 0.3) is 22.1 Å². The molecule has 2 aromatic carbocycles. The van der Waals surface area contributed by atoms with Crippen LogP contribution in [-0.2, 0) is 0 Å². The fraction of sp³-hybridized carbons (Fsp3) is 0.0667. The summed E-state index contributed by atoms with van der Waals surface area (Å²) < 4.78 is 1.06. The van der Waals surface area contributed by atoms with Crippen LogP contribution in [0.2, 0.25) is 0 Å². The van der Waals surface area contributed by atoms with Gasteiger partial charge in [-0.25, -0.2) is 9.97 Å². The lowest BCUT2D eigenvalue weighted by Crippen LogP contribution is -1.71. The average molecular weight is 329 g/mol. The molecular weight excluding hydrogens is 316 g/mol. The van der Waals surface area contributed by atoms with E-state index in [0.717, 1.165) is 26.5 Å². The minimum Gasteiger partial charge on any atom is -0.345 e. The van der Waals surface area contributed by atoms with E-state index in [0.29, 0.717) is 0 Å². The number of halogens is 1. The van der Waals surface area contributed by atoms with Gasteiger partial charge < -0.3 is 9.97 Å². The first kappa shape index (κ1) is 12.9. The predicted molar refractivity (Wildman–Crippen MR) is 84.6 cm³/mol. The normalized spacial score (nSPS) is 10.5. The number of hydrogen-bond acceptors (Lipinski definition) is 2. The van der Waals surface area contributed by atoms with E-state index in [1.165, 1.54) is 5.56 Å². The highest BCUT2D eigenvalue weighted by Crippen LogP contribution is 2.15. The third-order valence-electron chi connectivity index (χ3n) is 2.96. The molecular formula is C15H13BrN4. The van der Waals surface area contributed by atoms with Gasteiger partial charge in [0.25, 0.3) is 0 Å². The number of fused-ring (bicyclic) bond motifs is 2. The molecule has 0 atom stereocenters. The first-order chi connectivity index (χ1) is 9.72. The van der Waals surface area contributed by atoms with Crippen molar-refractivity contribution in [1.82, 2.24) is 19.9 Å². The predicted octanol–water partition coefficient (Wildman–Crippen LogP) is 4.20. The summed E-state index contributed by atoms with van der Waals surface area (Å²) in [5, 5.41) is 0. The molecule has 2 aromatic heterocycles. The number of aryl methyl sites for hydroxylation is 1. The molecule has 20 heavy (non-hydrogen) atoms. The van der Waals surface area contributed by atoms with E-state index < -0.39 is 0 Å². The minimum absolute atomic E-state index is 0.995. The highest BCUT2D eigenvalue weighted by molar-refractivity contribution is 9.10. The number of benzene rings is 2. The summed E-state index contributed by atoms with van der Waals surface area (Å²) in [6.45, 7) is 2.06. The van der Waals surface area contributed by atoms with Crippen LogP contribution >= 0.6 is 15.9 Å². The quantitative estimate of drug-likeness (QED) is 0.508. The zero-order valence-electron chi connectivity index (χ0n) is 10.9. The van der Waals surface area contributed by atoms with E-state index in [-0.39, 0.29) is 0 Å². The largest absolute Gasteiger partial charge is 0.345 e. The maximum absolute atomic E-state index is 4.12. The second-order valence-corrected chi connectivity index (χ2v) is 5.40. The second-order valence-electron chi connectivity index (χ2n) is 4.49. The maximum atomic E-state index is 4.12. The molecule has 0 unspecified atom stereocenters. The lowest BCUT2D eigenvalue weighted by molar-refractivity contribution is 1.34. The Balaban J connectivity index is 0.000000121. The smallest absolute Gasteiger partial charge is 0.0931 e. The molecule has 2 heterocycles. The molecule has 0 saturated heterocycles. The molecule has 4 aromatic rings. The molecule has 100 valence electrons. The summed E-state index contributed by atoms with van der Waals surface area (Å²) >= 11 is 3.36. The third kappa shape index (κ3) is 2.72. The van der Waals surface area contributed by atoms with Crippen molar-refractivity contribution >= 4 is 38.0 Å². The highest BCUT2D eigenvalue weighted by atomic mass is 79.9. The topological polar surface area (TPSA) is 57.4 Å². The first-order valence-electron chi connectivity index (χ1n) is 6.21. The molecule has 0 spiro atoms. The lowest BCUT2D eigenvalue weighted by Gasteiger charge is -1.89. The Kier molecular flexibility index (Phi) is 3.52. The molecule has 0 aliphatic heterocycles. The first-order valence-corrected chi connectivity index (χ1v) is 7.00. The summed E-state index contributed by atoms with van der Waals surface area (Å²) in [6, 6.07) is 12.1. The Labute approximate surface area is 124 Å². The van der Waals surface area contributed by atoms with Crippen molar-refractivity contribution in [2.45, 2.75) is 6.92 Å². The van der Waals surface area contributed by atoms with Gasteiger partial charge in [-0.3, -0.25) is 0 Å². The molecule has 2 N–H and O–H groups in total. The van der Waals surface area contributed by atoms with E-state index in [2.05, 4.69) is 54.9 Å². The van der Waals surface area contributed by atoms with Crippen LogP contribution in [0.3, 0.4) is 0 Å². The van der Waals surface area contributed by atoms with Crippen molar-refractivity contribution in [3.8, 4) is 0 Å². The van der Waals surface area contributed by atoms with Gasteiger partial charge in [0.2, 0.25) is 0 Å². The van der Waals surface area contributed by atoms with Gasteiger partial charge in [0.05, 0.1) is 34.7 Å². The Morgan fingerprint density at radius 2 is 1.45 bits per heavy atom. The SMILES string of the molecule is Brc1ccc2[nH]cnc2c1.Cc1ccc2[nH]cnc2c1. The van der Waals surface area contributed by atoms with Crippen LogP contribution in [0.5, 0.6) is 0 Å². The molecule has 0 bridgehead atoms. The lowest BCUT2D eigenvalue weighted by atomic mass is 10.2. The Morgan fingerprint density at radius 1 is 0.850 bits per heavy atom. The maximum Gasteiger partial charge on any atom is 0.0931 e. The number of nitrogens with zero attached hydrogens (tertiary/aromatic N) is 2. The van der Waals surface area contributed by atoms with Crippen molar-refractivity contribution in [3.63, 3.8) is 0 Å². The van der Waals surface area contributed by atoms with Gasteiger partial charge in [0.15, 0.2) is 0 Å². The van der Waals surface area contributed by atoms with Gasteiger partial charge in [0.1, 0.15) is 0 Å². The highest BCUT2D eigenvalue weighted by Gasteiger charge is 1.94. The van der Waals surface area contributed by atoms with Crippen LogP contribution < -0.4 is 0 Å². The molecule has 0 aliphatic carbocycles. The Hall–Kier alpha value is -2.14. The van der Waals surface area contributed by atoms with E-state index >= 15 is 0 Å². The Morgan fingerprint density at radius 3 is 2.15 bits per heavy atom. The second kappa shape index (κ2) is 5.46. The third-order valence-corrected chi connectivity index (χ3v) is 3.45. The minimum atomic E-state index is 0.995. The van der Waals surface area contributed by atoms with Crippen molar-refractivity contribution in [2.75, 3.05) is 0 Å². The van der Waals surface area contributed by atoms with Gasteiger partial charge in [-0.2, -0.15) is 0 Å². The van der Waals surface area contributed by atoms with Crippen molar-refractivity contribution in [3.05, 3.63) is 59.1 Å². The van der Waals surface area contributed by atoms with Crippen LogP contribution in [-0.4, -0.2) is 19.9 Å². The number of imidazole rings is 2. The number of H-pyrrole nitrogens is 2. The summed E-state index contributed by atoms with van der Waals surface area (Å²) in [7, 11) is 0. The van der Waals surface area contributed by atoms with Crippen LogP contribution in [0.4, 0.5) is 0 Å². The number of rotatable bonds is 0. The summed E-state index contributed by atoms with van der Waals surface area (Å²) in [5.74, 6) is 0. The van der Waals surface area contributed by atoms with E-state index in [1.807, 2.05) is 24.3 Å². The molecule has 0 amide bonds. The van der Waals surface area contributed by atoms with E-state index in [4.69, 9.17) is 0 Å². The summed E-state index contributed by atoms with van der Waals surface area (Å²) in [6.07, 6.45) is 3.40. The van der Waals surface area contributed by atoms with Gasteiger partial charge in [-0.1, -0.05) is 22.0 Å². The monoisotopic (exact) mass is 328 g/mol. The molecule has 5 heteroatoms. The zero-order chi connectivity index (χ0) is 13.9. The molecule has 0 saturated carbocycles. The number of nitrogens with one attached hydrogen (secondary N) is 2. The molecule has 4 rings (SSSR count). The van der Waals surface area contributed by atoms with Crippen LogP contribution in [0.15, 0.2) is 53.5 Å². The van der Waals surface area contributed by atoms with Gasteiger partial charge in [-0.05, 0) is 42.8 Å². The summed E-state index contributed by atoms with van der Waals surface area (Å²) in [4.78, 5) is 14.3. The number of aromatic amines is 2. The average Bonchev–Trinajstić information content (AvgIpc) is 3.06. The molecule has 4 nitrogen and oxygen atoms in total. The summed E-state index contributed by atoms with van der Waals surface area (Å²) in [5.41, 5.74) is 5.46. The zero-order valence-corrected chi connectivity index (χ0v) is 12.5. The molecule has 0 aliphatic rings. The van der Waals surface area contributed by atoms with E-state index in [1.54, 1.807) is 12.7 Å². The van der Waals surface area contributed by atoms with Gasteiger partial charge >= 0.3 is 0 Å². The van der Waals surface area contributed by atoms with Crippen molar-refractivity contribution in [2.24, 2.45) is 0 Å².